The number of hydrogen-bond acceptors (Lipinski definition) is 4. The Kier molecular flexibility index (Phi) is 4.48. The maximum Gasteiger partial charge on any atom is 0.255 e. The summed E-state index contributed by atoms with van der Waals surface area (Å²) in [6.07, 6.45) is 3.08. The number of nitrogens with one attached hydrogen (secondary N) is 1. The Morgan fingerprint density at radius 2 is 2.00 bits per heavy atom. The van der Waals surface area contributed by atoms with Crippen molar-refractivity contribution in [2.24, 2.45) is 0 Å². The maximum atomic E-state index is 12.3. The first-order valence-electron chi connectivity index (χ1n) is 7.29. The van der Waals surface area contributed by atoms with Gasteiger partial charge in [-0.25, -0.2) is 9.67 Å². The molecule has 0 saturated carbocycles. The average Bonchev–Trinajstić information content (AvgIpc) is 3.11. The van der Waals surface area contributed by atoms with Crippen molar-refractivity contribution in [1.82, 2.24) is 20.1 Å². The van der Waals surface area contributed by atoms with Crippen LogP contribution in [0.1, 0.15) is 28.9 Å². The zero-order valence-electron chi connectivity index (χ0n) is 12.8. The topological polar surface area (TPSA) is 80.0 Å². The lowest BCUT2D eigenvalue weighted by atomic mass is 10.1. The van der Waals surface area contributed by atoms with E-state index in [4.69, 9.17) is 11.6 Å². The van der Waals surface area contributed by atoms with E-state index in [9.17, 15) is 9.90 Å². The van der Waals surface area contributed by atoms with Gasteiger partial charge in [-0.1, -0.05) is 23.7 Å². The molecule has 0 bridgehead atoms. The number of rotatable bonds is 4. The lowest BCUT2D eigenvalue weighted by Crippen LogP contribution is -2.26. The average molecular weight is 343 g/mol. The normalized spacial score (nSPS) is 11.9. The van der Waals surface area contributed by atoms with Gasteiger partial charge in [0.25, 0.3) is 5.91 Å². The molecule has 2 aromatic carbocycles. The van der Waals surface area contributed by atoms with Crippen molar-refractivity contribution in [2.75, 3.05) is 0 Å². The number of phenols is 1. The molecule has 0 spiro atoms. The van der Waals surface area contributed by atoms with Crippen LogP contribution in [-0.4, -0.2) is 25.8 Å². The van der Waals surface area contributed by atoms with E-state index >= 15 is 0 Å². The molecule has 0 aliphatic rings. The Morgan fingerprint density at radius 1 is 1.25 bits per heavy atom. The Hall–Kier alpha value is -2.86. The van der Waals surface area contributed by atoms with Gasteiger partial charge in [-0.05, 0) is 42.8 Å². The van der Waals surface area contributed by atoms with E-state index in [0.29, 0.717) is 5.02 Å². The van der Waals surface area contributed by atoms with Crippen molar-refractivity contribution in [1.29, 1.82) is 0 Å². The number of phenolic OH excluding ortho intramolecular Hbond substituents is 1. The molecule has 0 saturated heterocycles. The predicted octanol–water partition coefficient (Wildman–Crippen LogP) is 3.12. The summed E-state index contributed by atoms with van der Waals surface area (Å²) < 4.78 is 1.65. The van der Waals surface area contributed by atoms with Crippen LogP contribution < -0.4 is 5.32 Å². The van der Waals surface area contributed by atoms with Gasteiger partial charge in [-0.2, -0.15) is 5.10 Å². The number of hydrogen-bond donors (Lipinski definition) is 2. The fraction of sp³-hybridized carbons (Fsp3) is 0.118. The lowest BCUT2D eigenvalue weighted by molar-refractivity contribution is 0.0937. The van der Waals surface area contributed by atoms with Crippen molar-refractivity contribution in [3.63, 3.8) is 0 Å². The molecule has 0 fully saturated rings. The molecule has 1 atom stereocenters. The Morgan fingerprint density at radius 3 is 2.67 bits per heavy atom. The molecular weight excluding hydrogens is 328 g/mol. The first-order chi connectivity index (χ1) is 11.5. The van der Waals surface area contributed by atoms with Gasteiger partial charge in [0.15, 0.2) is 0 Å². The molecule has 1 aromatic heterocycles. The second-order valence-electron chi connectivity index (χ2n) is 5.29. The van der Waals surface area contributed by atoms with Crippen LogP contribution in [0, 0.1) is 0 Å². The monoisotopic (exact) mass is 342 g/mol. The summed E-state index contributed by atoms with van der Waals surface area (Å²) in [4.78, 5) is 16.2. The van der Waals surface area contributed by atoms with Gasteiger partial charge in [0.05, 0.1) is 17.3 Å². The molecule has 1 unspecified atom stereocenters. The first kappa shape index (κ1) is 16.0. The molecule has 122 valence electrons. The molecular formula is C17H15ClN4O2. The van der Waals surface area contributed by atoms with Crippen LogP contribution in [0.3, 0.4) is 0 Å². The minimum absolute atomic E-state index is 0.106. The van der Waals surface area contributed by atoms with Crippen LogP contribution >= 0.6 is 11.6 Å². The fourth-order valence-electron chi connectivity index (χ4n) is 2.31. The number of carbonyl (C=O) groups excluding carboxylic acids is 1. The zero-order chi connectivity index (χ0) is 17.1. The summed E-state index contributed by atoms with van der Waals surface area (Å²) in [5.74, 6) is -0.492. The summed E-state index contributed by atoms with van der Waals surface area (Å²) in [5.41, 5.74) is 1.95. The van der Waals surface area contributed by atoms with Crippen molar-refractivity contribution in [3.8, 4) is 11.4 Å². The van der Waals surface area contributed by atoms with Gasteiger partial charge in [-0.3, -0.25) is 4.79 Å². The molecule has 0 radical (unpaired) electrons. The predicted molar refractivity (Wildman–Crippen MR) is 90.4 cm³/mol. The van der Waals surface area contributed by atoms with Gasteiger partial charge >= 0.3 is 0 Å². The van der Waals surface area contributed by atoms with Gasteiger partial charge in [0.1, 0.15) is 18.4 Å². The van der Waals surface area contributed by atoms with E-state index in [2.05, 4.69) is 15.4 Å². The van der Waals surface area contributed by atoms with Crippen LogP contribution in [-0.2, 0) is 0 Å². The number of aromatic nitrogens is 3. The summed E-state index contributed by atoms with van der Waals surface area (Å²) in [6.45, 7) is 1.87. The third-order valence-electron chi connectivity index (χ3n) is 3.63. The van der Waals surface area contributed by atoms with Crippen molar-refractivity contribution in [3.05, 3.63) is 71.3 Å². The number of aromatic hydroxyl groups is 1. The summed E-state index contributed by atoms with van der Waals surface area (Å²) >= 11 is 5.88. The minimum atomic E-state index is -0.386. The number of halogens is 1. The summed E-state index contributed by atoms with van der Waals surface area (Å²) in [5, 5.41) is 17.1. The zero-order valence-corrected chi connectivity index (χ0v) is 13.6. The molecule has 2 N–H and O–H groups in total. The summed E-state index contributed by atoms with van der Waals surface area (Å²) in [6, 6.07) is 11.7. The molecule has 3 rings (SSSR count). The van der Waals surface area contributed by atoms with Gasteiger partial charge in [0, 0.05) is 5.02 Å². The van der Waals surface area contributed by atoms with Crippen LogP contribution in [0.2, 0.25) is 5.02 Å². The van der Waals surface area contributed by atoms with Gasteiger partial charge in [-0.15, -0.1) is 0 Å². The van der Waals surface area contributed by atoms with Crippen LogP contribution in [0.25, 0.3) is 5.69 Å². The second kappa shape index (κ2) is 6.72. The molecule has 1 heterocycles. The van der Waals surface area contributed by atoms with Crippen molar-refractivity contribution >= 4 is 17.5 Å². The maximum absolute atomic E-state index is 12.3. The first-order valence-corrected chi connectivity index (χ1v) is 7.67. The number of amides is 1. The Bertz CT molecular complexity index is 848. The van der Waals surface area contributed by atoms with Crippen molar-refractivity contribution in [2.45, 2.75) is 13.0 Å². The molecule has 1 amide bonds. The largest absolute Gasteiger partial charge is 0.507 e. The van der Waals surface area contributed by atoms with Crippen LogP contribution in [0.15, 0.2) is 55.1 Å². The van der Waals surface area contributed by atoms with Gasteiger partial charge < -0.3 is 10.4 Å². The highest BCUT2D eigenvalue weighted by molar-refractivity contribution is 6.31. The van der Waals surface area contributed by atoms with E-state index in [1.54, 1.807) is 11.0 Å². The molecule has 0 aliphatic carbocycles. The molecule has 6 nitrogen and oxygen atoms in total. The molecule has 0 aliphatic heterocycles. The fourth-order valence-corrected chi connectivity index (χ4v) is 2.48. The van der Waals surface area contributed by atoms with E-state index < -0.39 is 0 Å². The van der Waals surface area contributed by atoms with Crippen molar-refractivity contribution < 1.29 is 9.90 Å². The quantitative estimate of drug-likeness (QED) is 0.763. The van der Waals surface area contributed by atoms with Gasteiger partial charge in [0.2, 0.25) is 0 Å². The number of benzene rings is 2. The third-order valence-corrected chi connectivity index (χ3v) is 3.86. The lowest BCUT2D eigenvalue weighted by Gasteiger charge is -2.15. The van der Waals surface area contributed by atoms with E-state index in [-0.39, 0.29) is 23.3 Å². The highest BCUT2D eigenvalue weighted by Crippen LogP contribution is 2.23. The second-order valence-corrected chi connectivity index (χ2v) is 5.72. The molecule has 24 heavy (non-hydrogen) atoms. The number of nitrogens with zero attached hydrogens (tertiary/aromatic N) is 3. The highest BCUT2D eigenvalue weighted by atomic mass is 35.5. The Balaban J connectivity index is 1.73. The third kappa shape index (κ3) is 3.38. The number of carbonyl (C=O) groups is 1. The standard InChI is InChI=1S/C17H15ClN4O2/c1-11(21-17(24)15-8-13(18)4-7-16(15)23)12-2-5-14(6-3-12)22-10-19-9-20-22/h2-11,23H,1H3,(H,21,24). The molecule has 7 heteroatoms. The minimum Gasteiger partial charge on any atom is -0.507 e. The van der Waals surface area contributed by atoms with E-state index in [1.807, 2.05) is 31.2 Å². The smallest absolute Gasteiger partial charge is 0.255 e. The van der Waals surface area contributed by atoms with E-state index in [1.165, 1.54) is 24.5 Å². The summed E-state index contributed by atoms with van der Waals surface area (Å²) in [7, 11) is 0. The SMILES string of the molecule is CC(NC(=O)c1cc(Cl)ccc1O)c1ccc(-n2cncn2)cc1. The van der Waals surface area contributed by atoms with Crippen LogP contribution in [0.5, 0.6) is 5.75 Å². The van der Waals surface area contributed by atoms with E-state index in [0.717, 1.165) is 11.3 Å². The highest BCUT2D eigenvalue weighted by Gasteiger charge is 2.15. The Labute approximate surface area is 143 Å². The molecule has 3 aromatic rings. The van der Waals surface area contributed by atoms with Crippen LogP contribution in [0.4, 0.5) is 0 Å².